The van der Waals surface area contributed by atoms with Crippen molar-refractivity contribution in [1.29, 1.82) is 0 Å². The van der Waals surface area contributed by atoms with Crippen molar-refractivity contribution in [2.45, 2.75) is 19.0 Å². The third kappa shape index (κ3) is 4.62. The quantitative estimate of drug-likeness (QED) is 0.509. The van der Waals surface area contributed by atoms with Crippen molar-refractivity contribution in [3.63, 3.8) is 0 Å². The zero-order valence-electron chi connectivity index (χ0n) is 14.5. The van der Waals surface area contributed by atoms with Crippen LogP contribution in [0.5, 0.6) is 0 Å². The minimum atomic E-state index is -0.684. The van der Waals surface area contributed by atoms with Crippen molar-refractivity contribution >= 4 is 57.4 Å². The molecule has 1 fully saturated rings. The van der Waals surface area contributed by atoms with Crippen LogP contribution in [-0.4, -0.2) is 39.8 Å². The van der Waals surface area contributed by atoms with Gasteiger partial charge in [0.05, 0.1) is 6.42 Å². The number of hydrogen-bond donors (Lipinski definition) is 1. The molecule has 1 aliphatic heterocycles. The van der Waals surface area contributed by atoms with Gasteiger partial charge in [-0.15, -0.1) is 0 Å². The summed E-state index contributed by atoms with van der Waals surface area (Å²) in [4.78, 5) is 28.1. The highest BCUT2D eigenvalue weighted by atomic mass is 127. The number of nitrogens with zero attached hydrogens (tertiary/aromatic N) is 2. The fourth-order valence-electron chi connectivity index (χ4n) is 2.86. The molecule has 0 radical (unpaired) electrons. The average molecular weight is 497 g/mol. The molecule has 1 aliphatic rings. The molecule has 140 valence electrons. The number of halogens is 2. The predicted octanol–water partition coefficient (Wildman–Crippen LogP) is 3.39. The van der Waals surface area contributed by atoms with E-state index in [0.717, 1.165) is 9.13 Å². The fourth-order valence-corrected chi connectivity index (χ4v) is 3.50. The van der Waals surface area contributed by atoms with E-state index in [0.29, 0.717) is 17.3 Å². The van der Waals surface area contributed by atoms with Gasteiger partial charge in [0.2, 0.25) is 5.91 Å². The van der Waals surface area contributed by atoms with Crippen LogP contribution in [0.2, 0.25) is 0 Å². The van der Waals surface area contributed by atoms with Gasteiger partial charge in [0.1, 0.15) is 11.9 Å². The Hall–Kier alpha value is -2.07. The first kappa shape index (κ1) is 19.7. The highest BCUT2D eigenvalue weighted by molar-refractivity contribution is 14.1. The molecule has 1 unspecified atom stereocenters. The number of nitrogens with one attached hydrogen (secondary N) is 1. The van der Waals surface area contributed by atoms with Gasteiger partial charge in [0.15, 0.2) is 5.11 Å². The van der Waals surface area contributed by atoms with Crippen molar-refractivity contribution in [3.05, 3.63) is 63.5 Å². The molecule has 2 aromatic carbocycles. The Labute approximate surface area is 175 Å². The van der Waals surface area contributed by atoms with Gasteiger partial charge in [-0.2, -0.15) is 0 Å². The van der Waals surface area contributed by atoms with Crippen LogP contribution in [0.4, 0.5) is 10.1 Å². The molecule has 0 aromatic heterocycles. The number of hydrogen-bond acceptors (Lipinski definition) is 3. The Kier molecular flexibility index (Phi) is 6.05. The van der Waals surface area contributed by atoms with Crippen LogP contribution in [0.25, 0.3) is 0 Å². The molecule has 0 bridgehead atoms. The second-order valence-corrected chi connectivity index (χ2v) is 7.82. The smallest absolute Gasteiger partial charge is 0.251 e. The largest absolute Gasteiger partial charge is 0.332 e. The normalized spacial score (nSPS) is 16.8. The molecule has 1 N–H and O–H groups in total. The van der Waals surface area contributed by atoms with E-state index in [-0.39, 0.29) is 24.1 Å². The molecule has 2 amide bonds. The van der Waals surface area contributed by atoms with Crippen LogP contribution in [0.15, 0.2) is 48.5 Å². The second-order valence-electron chi connectivity index (χ2n) is 6.21. The summed E-state index contributed by atoms with van der Waals surface area (Å²) < 4.78 is 14.2. The summed E-state index contributed by atoms with van der Waals surface area (Å²) >= 11 is 7.55. The summed E-state index contributed by atoms with van der Waals surface area (Å²) in [6.45, 7) is 0.330. The van der Waals surface area contributed by atoms with E-state index in [4.69, 9.17) is 12.2 Å². The van der Waals surface area contributed by atoms with Crippen LogP contribution in [0, 0.1) is 9.39 Å². The van der Waals surface area contributed by atoms with E-state index >= 15 is 0 Å². The van der Waals surface area contributed by atoms with E-state index in [1.54, 1.807) is 24.1 Å². The Morgan fingerprint density at radius 3 is 2.44 bits per heavy atom. The Balaban J connectivity index is 1.72. The molecule has 1 heterocycles. The molecule has 27 heavy (non-hydrogen) atoms. The number of benzene rings is 2. The topological polar surface area (TPSA) is 52.7 Å². The molecule has 1 atom stereocenters. The summed E-state index contributed by atoms with van der Waals surface area (Å²) in [6, 6.07) is 12.7. The highest BCUT2D eigenvalue weighted by Gasteiger charge is 2.41. The molecule has 3 rings (SSSR count). The molecule has 0 saturated carbocycles. The van der Waals surface area contributed by atoms with Crippen LogP contribution >= 0.6 is 34.8 Å². The van der Waals surface area contributed by atoms with Gasteiger partial charge in [-0.3, -0.25) is 14.5 Å². The van der Waals surface area contributed by atoms with Crippen LogP contribution in [0.3, 0.4) is 0 Å². The summed E-state index contributed by atoms with van der Waals surface area (Å²) in [5.74, 6) is -0.818. The molecule has 5 nitrogen and oxygen atoms in total. The van der Waals surface area contributed by atoms with E-state index in [2.05, 4.69) is 27.9 Å². The standard InChI is InChI=1S/C19H17FIN3O2S/c1-23-18(26)16(10-17(25)22-15-8-6-14(21)7-9-15)24(19(23)27)11-12-2-4-13(20)5-3-12/h2-9,16H,10-11H2,1H3,(H,22,25). The minimum absolute atomic E-state index is 0.0174. The van der Waals surface area contributed by atoms with Gasteiger partial charge >= 0.3 is 0 Å². The zero-order valence-corrected chi connectivity index (χ0v) is 17.5. The maximum absolute atomic E-state index is 13.1. The van der Waals surface area contributed by atoms with Gasteiger partial charge in [0.25, 0.3) is 5.91 Å². The van der Waals surface area contributed by atoms with E-state index in [9.17, 15) is 14.0 Å². The van der Waals surface area contributed by atoms with Gasteiger partial charge in [-0.05, 0) is 76.8 Å². The molecule has 2 aromatic rings. The second kappa shape index (κ2) is 8.30. The monoisotopic (exact) mass is 497 g/mol. The number of anilines is 1. The number of thiocarbonyl (C=S) groups is 1. The summed E-state index contributed by atoms with van der Waals surface area (Å²) in [6.07, 6.45) is -0.0174. The first-order chi connectivity index (χ1) is 12.8. The lowest BCUT2D eigenvalue weighted by Crippen LogP contribution is -2.37. The lowest BCUT2D eigenvalue weighted by atomic mass is 10.1. The number of rotatable bonds is 5. The maximum atomic E-state index is 13.1. The molecule has 8 heteroatoms. The number of amides is 2. The number of carbonyl (C=O) groups is 2. The predicted molar refractivity (Wildman–Crippen MR) is 114 cm³/mol. The van der Waals surface area contributed by atoms with Crippen LogP contribution in [-0.2, 0) is 16.1 Å². The van der Waals surface area contributed by atoms with E-state index in [1.807, 2.05) is 24.3 Å². The van der Waals surface area contributed by atoms with Crippen LogP contribution < -0.4 is 5.32 Å². The van der Waals surface area contributed by atoms with Crippen molar-refractivity contribution in [2.24, 2.45) is 0 Å². The minimum Gasteiger partial charge on any atom is -0.332 e. The Morgan fingerprint density at radius 1 is 1.19 bits per heavy atom. The van der Waals surface area contributed by atoms with Gasteiger partial charge in [-0.25, -0.2) is 4.39 Å². The van der Waals surface area contributed by atoms with Gasteiger partial charge < -0.3 is 10.2 Å². The first-order valence-corrected chi connectivity index (χ1v) is 9.72. The van der Waals surface area contributed by atoms with Crippen molar-refractivity contribution in [1.82, 2.24) is 9.80 Å². The van der Waals surface area contributed by atoms with Crippen molar-refractivity contribution in [3.8, 4) is 0 Å². The van der Waals surface area contributed by atoms with Gasteiger partial charge in [-0.1, -0.05) is 12.1 Å². The third-order valence-electron chi connectivity index (χ3n) is 4.30. The highest BCUT2D eigenvalue weighted by Crippen LogP contribution is 2.23. The lowest BCUT2D eigenvalue weighted by Gasteiger charge is -2.23. The Morgan fingerprint density at radius 2 is 1.81 bits per heavy atom. The third-order valence-corrected chi connectivity index (χ3v) is 5.52. The van der Waals surface area contributed by atoms with Crippen LogP contribution in [0.1, 0.15) is 12.0 Å². The first-order valence-electron chi connectivity index (χ1n) is 8.23. The molecular weight excluding hydrogens is 480 g/mol. The summed E-state index contributed by atoms with van der Waals surface area (Å²) in [7, 11) is 1.60. The fraction of sp³-hybridized carbons (Fsp3) is 0.211. The Bertz CT molecular complexity index is 874. The molecule has 0 spiro atoms. The summed E-state index contributed by atoms with van der Waals surface area (Å²) in [5, 5.41) is 3.16. The number of likely N-dealkylation sites (N-methyl/N-ethyl adjacent to an activating group) is 1. The zero-order chi connectivity index (χ0) is 19.6. The molecule has 0 aliphatic carbocycles. The van der Waals surface area contributed by atoms with Crippen molar-refractivity contribution < 1.29 is 14.0 Å². The average Bonchev–Trinajstić information content (AvgIpc) is 2.83. The van der Waals surface area contributed by atoms with Crippen molar-refractivity contribution in [2.75, 3.05) is 12.4 Å². The molecular formula is C19H17FIN3O2S. The lowest BCUT2D eigenvalue weighted by molar-refractivity contribution is -0.130. The summed E-state index contributed by atoms with van der Waals surface area (Å²) in [5.41, 5.74) is 1.48. The van der Waals surface area contributed by atoms with E-state index < -0.39 is 6.04 Å². The molecule has 1 saturated heterocycles. The van der Waals surface area contributed by atoms with Gasteiger partial charge in [0, 0.05) is 22.8 Å². The maximum Gasteiger partial charge on any atom is 0.251 e. The van der Waals surface area contributed by atoms with E-state index in [1.165, 1.54) is 17.0 Å². The SMILES string of the molecule is CN1C(=O)C(CC(=O)Nc2ccc(I)cc2)N(Cc2ccc(F)cc2)C1=S. The number of carbonyl (C=O) groups excluding carboxylic acids is 2.